The first-order valence-electron chi connectivity index (χ1n) is 15.1. The number of ether oxygens (including phenoxy) is 2. The highest BCUT2D eigenvalue weighted by Crippen LogP contribution is 2.40. The Bertz CT molecular complexity index is 1810. The molecule has 0 radical (unpaired) electrons. The maximum atomic E-state index is 16.6. The lowest BCUT2D eigenvalue weighted by Crippen LogP contribution is -2.57. The molecule has 0 saturated carbocycles. The number of piperazine rings is 1. The monoisotopic (exact) mass is 616 g/mol. The molecule has 0 aliphatic carbocycles. The Balaban J connectivity index is 1.44. The number of fused-ring (bicyclic) bond motifs is 4. The number of carboxylic acids is 1. The Morgan fingerprint density at radius 1 is 0.956 bits per heavy atom. The third kappa shape index (κ3) is 5.79. The summed E-state index contributed by atoms with van der Waals surface area (Å²) in [6, 6.07) is 13.6. The largest absolute Gasteiger partial charge is 0.508 e. The minimum atomic E-state index is -1.24. The molecule has 2 saturated heterocycles. The van der Waals surface area contributed by atoms with Crippen LogP contribution < -0.4 is 9.64 Å². The summed E-state index contributed by atoms with van der Waals surface area (Å²) in [6.07, 6.45) is 1.24. The van der Waals surface area contributed by atoms with Crippen LogP contribution in [0.15, 0.2) is 48.5 Å². The van der Waals surface area contributed by atoms with Gasteiger partial charge in [0.25, 0.3) is 0 Å². The first-order chi connectivity index (χ1) is 21.2. The number of aromatic hydroxyl groups is 1. The first kappa shape index (κ1) is 30.4. The summed E-state index contributed by atoms with van der Waals surface area (Å²) < 4.78 is 28.1. The van der Waals surface area contributed by atoms with E-state index in [2.05, 4.69) is 9.97 Å². The van der Waals surface area contributed by atoms with Gasteiger partial charge < -0.3 is 24.6 Å². The van der Waals surface area contributed by atoms with Crippen LogP contribution in [0.25, 0.3) is 32.8 Å². The van der Waals surface area contributed by atoms with Crippen molar-refractivity contribution in [1.29, 1.82) is 0 Å². The standard InChI is InChI=1S/C34H37FN4O6/c1-33(2,3)45-32(43)39-20-10-11-21(39)17-38(16-20)29-25-13-12-24(26-15-22(40)14-19-8-6-7-9-23(19)26)27(35)28(25)36-31(37-29)44-18-34(4,5)30(41)42/h6-9,12-15,20-21,40H,10-11,16-18H2,1-5H3,(H,41,42)/t20-,21+. The number of carboxylic acid groups (broad SMARTS) is 1. The highest BCUT2D eigenvalue weighted by Gasteiger charge is 2.45. The number of halogens is 1. The molecule has 6 rings (SSSR count). The third-order valence-electron chi connectivity index (χ3n) is 8.43. The van der Waals surface area contributed by atoms with E-state index < -0.39 is 22.8 Å². The van der Waals surface area contributed by atoms with Crippen LogP contribution >= 0.6 is 0 Å². The third-order valence-corrected chi connectivity index (χ3v) is 8.43. The van der Waals surface area contributed by atoms with Gasteiger partial charge in [-0.25, -0.2) is 9.18 Å². The van der Waals surface area contributed by atoms with Crippen molar-refractivity contribution < 1.29 is 33.7 Å². The van der Waals surface area contributed by atoms with Crippen LogP contribution in [-0.4, -0.2) is 74.5 Å². The number of anilines is 1. The van der Waals surface area contributed by atoms with Crippen molar-refractivity contribution in [2.45, 2.75) is 65.1 Å². The Kier molecular flexibility index (Phi) is 7.45. The molecule has 10 nitrogen and oxygen atoms in total. The highest BCUT2D eigenvalue weighted by molar-refractivity contribution is 6.01. The van der Waals surface area contributed by atoms with Crippen LogP contribution in [0, 0.1) is 11.2 Å². The van der Waals surface area contributed by atoms with Gasteiger partial charge in [0.1, 0.15) is 29.3 Å². The van der Waals surface area contributed by atoms with E-state index in [0.717, 1.165) is 23.6 Å². The van der Waals surface area contributed by atoms with Gasteiger partial charge in [-0.1, -0.05) is 30.3 Å². The van der Waals surface area contributed by atoms with E-state index in [4.69, 9.17) is 9.47 Å². The van der Waals surface area contributed by atoms with E-state index in [0.29, 0.717) is 29.9 Å². The van der Waals surface area contributed by atoms with E-state index in [1.807, 2.05) is 54.8 Å². The number of aliphatic carboxylic acids is 1. The minimum Gasteiger partial charge on any atom is -0.508 e. The van der Waals surface area contributed by atoms with E-state index in [-0.39, 0.29) is 47.6 Å². The molecule has 45 heavy (non-hydrogen) atoms. The summed E-state index contributed by atoms with van der Waals surface area (Å²) in [7, 11) is 0. The van der Waals surface area contributed by atoms with Crippen molar-refractivity contribution >= 4 is 39.6 Å². The summed E-state index contributed by atoms with van der Waals surface area (Å²) in [5, 5.41) is 22.0. The highest BCUT2D eigenvalue weighted by atomic mass is 19.1. The average Bonchev–Trinajstić information content (AvgIpc) is 3.24. The smallest absolute Gasteiger partial charge is 0.410 e. The molecule has 11 heteroatoms. The van der Waals surface area contributed by atoms with Crippen molar-refractivity contribution in [2.24, 2.45) is 5.41 Å². The molecular formula is C34H37FN4O6. The van der Waals surface area contributed by atoms with Gasteiger partial charge in [0, 0.05) is 24.0 Å². The molecule has 2 aliphatic rings. The number of nitrogens with zero attached hydrogens (tertiary/aromatic N) is 4. The zero-order valence-electron chi connectivity index (χ0n) is 26.0. The normalized spacial score (nSPS) is 18.4. The fourth-order valence-electron chi connectivity index (χ4n) is 6.15. The molecule has 3 heterocycles. The Morgan fingerprint density at radius 2 is 1.64 bits per heavy atom. The van der Waals surface area contributed by atoms with E-state index >= 15 is 4.39 Å². The second-order valence-corrected chi connectivity index (χ2v) is 13.5. The van der Waals surface area contributed by atoms with Crippen LogP contribution in [0.4, 0.5) is 15.0 Å². The molecular weight excluding hydrogens is 579 g/mol. The molecule has 2 atom stereocenters. The Morgan fingerprint density at radius 3 is 2.31 bits per heavy atom. The van der Waals surface area contributed by atoms with E-state index in [9.17, 15) is 19.8 Å². The van der Waals surface area contributed by atoms with Crippen molar-refractivity contribution in [1.82, 2.24) is 14.9 Å². The van der Waals surface area contributed by atoms with Crippen molar-refractivity contribution in [2.75, 3.05) is 24.6 Å². The zero-order valence-corrected chi connectivity index (χ0v) is 26.0. The van der Waals surface area contributed by atoms with Gasteiger partial charge in [0.05, 0.1) is 17.5 Å². The predicted octanol–water partition coefficient (Wildman–Crippen LogP) is 6.37. The molecule has 2 aliphatic heterocycles. The number of hydrogen-bond donors (Lipinski definition) is 2. The number of carbonyl (C=O) groups excluding carboxylic acids is 1. The van der Waals surface area contributed by atoms with Crippen molar-refractivity contribution in [3.63, 3.8) is 0 Å². The van der Waals surface area contributed by atoms with Gasteiger partial charge in [-0.15, -0.1) is 0 Å². The average molecular weight is 617 g/mol. The number of benzene rings is 3. The molecule has 1 amide bonds. The topological polar surface area (TPSA) is 125 Å². The maximum Gasteiger partial charge on any atom is 0.410 e. The number of amides is 1. The number of carbonyl (C=O) groups is 2. The fraction of sp³-hybridized carbons (Fsp3) is 0.412. The lowest BCUT2D eigenvalue weighted by Gasteiger charge is -2.42. The lowest BCUT2D eigenvalue weighted by molar-refractivity contribution is -0.148. The molecule has 2 N–H and O–H groups in total. The van der Waals surface area contributed by atoms with Crippen molar-refractivity contribution in [3.8, 4) is 22.9 Å². The summed E-state index contributed by atoms with van der Waals surface area (Å²) in [4.78, 5) is 37.8. The summed E-state index contributed by atoms with van der Waals surface area (Å²) in [5.74, 6) is -1.23. The molecule has 2 bridgehead atoms. The number of phenolic OH excluding ortho intramolecular Hbond substituents is 1. The summed E-state index contributed by atoms with van der Waals surface area (Å²) in [6.45, 7) is 9.23. The molecule has 2 fully saturated rings. The van der Waals surface area contributed by atoms with E-state index in [1.165, 1.54) is 19.9 Å². The summed E-state index contributed by atoms with van der Waals surface area (Å²) in [5.41, 5.74) is -1.11. The molecule has 3 aromatic carbocycles. The van der Waals surface area contributed by atoms with Crippen molar-refractivity contribution in [3.05, 3.63) is 54.3 Å². The first-order valence-corrected chi connectivity index (χ1v) is 15.1. The van der Waals surface area contributed by atoms with Crippen LogP contribution in [0.5, 0.6) is 11.8 Å². The van der Waals surface area contributed by atoms with Crippen LogP contribution in [0.1, 0.15) is 47.5 Å². The molecule has 1 aromatic heterocycles. The second kappa shape index (κ2) is 11.0. The number of phenols is 1. The molecule has 236 valence electrons. The van der Waals surface area contributed by atoms with Gasteiger partial charge in [-0.05, 0) is 82.0 Å². The zero-order chi connectivity index (χ0) is 32.3. The molecule has 0 unspecified atom stereocenters. The van der Waals surface area contributed by atoms with Gasteiger partial charge in [-0.3, -0.25) is 9.69 Å². The quantitative estimate of drug-likeness (QED) is 0.254. The van der Waals surface area contributed by atoms with Crippen LogP contribution in [0.2, 0.25) is 0 Å². The number of aromatic nitrogens is 2. The Labute approximate surface area is 260 Å². The van der Waals surface area contributed by atoms with Crippen LogP contribution in [-0.2, 0) is 9.53 Å². The van der Waals surface area contributed by atoms with Gasteiger partial charge in [0.2, 0.25) is 0 Å². The number of rotatable bonds is 6. The minimum absolute atomic E-state index is 0.00447. The van der Waals surface area contributed by atoms with Gasteiger partial charge in [0.15, 0.2) is 5.82 Å². The van der Waals surface area contributed by atoms with Gasteiger partial charge in [-0.2, -0.15) is 9.97 Å². The molecule has 0 spiro atoms. The lowest BCUT2D eigenvalue weighted by atomic mass is 9.95. The predicted molar refractivity (Wildman–Crippen MR) is 168 cm³/mol. The summed E-state index contributed by atoms with van der Waals surface area (Å²) >= 11 is 0. The fourth-order valence-corrected chi connectivity index (χ4v) is 6.15. The van der Waals surface area contributed by atoms with Gasteiger partial charge >= 0.3 is 18.1 Å². The van der Waals surface area contributed by atoms with E-state index in [1.54, 1.807) is 18.2 Å². The Hall–Kier alpha value is -4.67. The SMILES string of the molecule is CC(C)(C)OC(=O)N1[C@@H]2CC[C@H]1CN(c1nc(OCC(C)(C)C(=O)O)nc3c(F)c(-c4cc(O)cc5ccccc45)ccc13)C2. The second-order valence-electron chi connectivity index (χ2n) is 13.5. The van der Waals surface area contributed by atoms with Crippen LogP contribution in [0.3, 0.4) is 0 Å². The molecule has 4 aromatic rings. The maximum absolute atomic E-state index is 16.6. The number of hydrogen-bond acceptors (Lipinski definition) is 8.